The summed E-state index contributed by atoms with van der Waals surface area (Å²) in [6.45, 7) is 6.12. The number of aryl methyl sites for hydroxylation is 1. The Morgan fingerprint density at radius 2 is 2.44 bits per heavy atom. The van der Waals surface area contributed by atoms with Gasteiger partial charge in [-0.2, -0.15) is 5.10 Å². The highest BCUT2D eigenvalue weighted by atomic mass is 127. The molecular formula is C10H16IN5. The van der Waals surface area contributed by atoms with Gasteiger partial charge in [-0.3, -0.25) is 4.68 Å². The summed E-state index contributed by atoms with van der Waals surface area (Å²) in [4.78, 5) is 4.30. The molecule has 1 aliphatic heterocycles. The number of halogens is 1. The van der Waals surface area contributed by atoms with Crippen LogP contribution >= 0.6 is 24.0 Å². The number of guanidine groups is 1. The van der Waals surface area contributed by atoms with Crippen LogP contribution in [0.1, 0.15) is 5.56 Å². The van der Waals surface area contributed by atoms with Crippen molar-refractivity contribution in [3.63, 3.8) is 0 Å². The number of nitrogens with zero attached hydrogens (tertiary/aromatic N) is 3. The lowest BCUT2D eigenvalue weighted by atomic mass is 10.3. The molecule has 0 spiro atoms. The molecule has 0 unspecified atom stereocenters. The van der Waals surface area contributed by atoms with Gasteiger partial charge in [0.15, 0.2) is 5.96 Å². The van der Waals surface area contributed by atoms with Gasteiger partial charge < -0.3 is 10.6 Å². The molecule has 6 heteroatoms. The summed E-state index contributed by atoms with van der Waals surface area (Å²) >= 11 is 0. The Morgan fingerprint density at radius 3 is 3.00 bits per heavy atom. The molecule has 2 rings (SSSR count). The van der Waals surface area contributed by atoms with Crippen LogP contribution in [0.15, 0.2) is 29.5 Å². The van der Waals surface area contributed by atoms with Crippen molar-refractivity contribution in [1.29, 1.82) is 0 Å². The van der Waals surface area contributed by atoms with E-state index in [2.05, 4.69) is 27.3 Å². The summed E-state index contributed by atoms with van der Waals surface area (Å²) in [6, 6.07) is 0. The Balaban J connectivity index is 0.00000128. The molecule has 0 radical (unpaired) electrons. The van der Waals surface area contributed by atoms with Crippen LogP contribution in [0.2, 0.25) is 0 Å². The topological polar surface area (TPSA) is 54.2 Å². The summed E-state index contributed by atoms with van der Waals surface area (Å²) in [5.74, 6) is 0.839. The lowest BCUT2D eigenvalue weighted by Gasteiger charge is -2.17. The minimum Gasteiger partial charge on any atom is -0.353 e. The van der Waals surface area contributed by atoms with Crippen molar-refractivity contribution in [1.82, 2.24) is 20.4 Å². The third kappa shape index (κ3) is 3.51. The van der Waals surface area contributed by atoms with E-state index >= 15 is 0 Å². The van der Waals surface area contributed by atoms with E-state index in [0.29, 0.717) is 6.54 Å². The van der Waals surface area contributed by atoms with Crippen LogP contribution in [0, 0.1) is 0 Å². The van der Waals surface area contributed by atoms with Gasteiger partial charge in [0.1, 0.15) is 0 Å². The van der Waals surface area contributed by atoms with Crippen molar-refractivity contribution in [2.75, 3.05) is 13.1 Å². The maximum Gasteiger partial charge on any atom is 0.192 e. The third-order valence-electron chi connectivity index (χ3n) is 2.18. The summed E-state index contributed by atoms with van der Waals surface area (Å²) in [6.07, 6.45) is 3.82. The van der Waals surface area contributed by atoms with Gasteiger partial charge in [0, 0.05) is 31.9 Å². The normalized spacial score (nSPS) is 14.8. The van der Waals surface area contributed by atoms with Gasteiger partial charge in [-0.15, -0.1) is 24.0 Å². The van der Waals surface area contributed by atoms with E-state index < -0.39 is 0 Å². The Bertz CT molecular complexity index is 396. The molecule has 1 aromatic heterocycles. The van der Waals surface area contributed by atoms with E-state index in [-0.39, 0.29) is 24.0 Å². The molecule has 0 aliphatic carbocycles. The minimum atomic E-state index is 0. The lowest BCUT2D eigenvalue weighted by molar-refractivity contribution is 0.764. The maximum atomic E-state index is 4.30. The quantitative estimate of drug-likeness (QED) is 0.617. The Morgan fingerprint density at radius 1 is 1.62 bits per heavy atom. The van der Waals surface area contributed by atoms with E-state index in [1.165, 1.54) is 0 Å². The molecule has 0 atom stereocenters. The fourth-order valence-electron chi connectivity index (χ4n) is 1.38. The van der Waals surface area contributed by atoms with Crippen LogP contribution in [0.3, 0.4) is 0 Å². The van der Waals surface area contributed by atoms with Crippen molar-refractivity contribution in [2.24, 2.45) is 12.0 Å². The van der Waals surface area contributed by atoms with Crippen LogP contribution in [-0.2, 0) is 13.6 Å². The molecule has 16 heavy (non-hydrogen) atoms. The monoisotopic (exact) mass is 333 g/mol. The van der Waals surface area contributed by atoms with Gasteiger partial charge in [0.05, 0.1) is 12.7 Å². The standard InChI is InChI=1S/C10H15N5.HI/c1-8-3-11-10(12-4-8)13-5-9-6-14-15(2)7-9;/h6-7H,1,3-5H2,2H3,(H2,11,12,13);1H. The second kappa shape index (κ2) is 5.88. The first-order chi connectivity index (χ1) is 7.24. The van der Waals surface area contributed by atoms with Gasteiger partial charge in [0.25, 0.3) is 0 Å². The highest BCUT2D eigenvalue weighted by Crippen LogP contribution is 1.97. The van der Waals surface area contributed by atoms with Crippen LogP contribution < -0.4 is 10.6 Å². The molecule has 5 nitrogen and oxygen atoms in total. The molecule has 0 bridgehead atoms. The van der Waals surface area contributed by atoms with Crippen LogP contribution in [0.5, 0.6) is 0 Å². The van der Waals surface area contributed by atoms with Gasteiger partial charge in [-0.1, -0.05) is 6.58 Å². The van der Waals surface area contributed by atoms with E-state index in [1.807, 2.05) is 19.4 Å². The molecule has 0 saturated heterocycles. The van der Waals surface area contributed by atoms with E-state index in [4.69, 9.17) is 0 Å². The zero-order valence-electron chi connectivity index (χ0n) is 9.23. The Labute approximate surface area is 112 Å². The zero-order chi connectivity index (χ0) is 10.7. The van der Waals surface area contributed by atoms with Crippen molar-refractivity contribution >= 4 is 29.9 Å². The second-order valence-corrected chi connectivity index (χ2v) is 3.64. The highest BCUT2D eigenvalue weighted by molar-refractivity contribution is 14.0. The summed E-state index contributed by atoms with van der Waals surface area (Å²) < 4.78 is 1.79. The van der Waals surface area contributed by atoms with Crippen molar-refractivity contribution in [3.8, 4) is 0 Å². The Kier molecular flexibility index (Phi) is 4.78. The molecule has 1 aliphatic rings. The fraction of sp³-hybridized carbons (Fsp3) is 0.400. The first kappa shape index (κ1) is 13.0. The first-order valence-electron chi connectivity index (χ1n) is 4.90. The predicted octanol–water partition coefficient (Wildman–Crippen LogP) is 0.643. The third-order valence-corrected chi connectivity index (χ3v) is 2.18. The molecular weight excluding hydrogens is 317 g/mol. The number of hydrogen-bond acceptors (Lipinski definition) is 4. The van der Waals surface area contributed by atoms with Crippen LogP contribution in [0.25, 0.3) is 0 Å². The average molecular weight is 333 g/mol. The number of nitrogens with one attached hydrogen (secondary N) is 2. The Hall–Kier alpha value is -1.05. The highest BCUT2D eigenvalue weighted by Gasteiger charge is 2.05. The summed E-state index contributed by atoms with van der Waals surface area (Å²) in [7, 11) is 1.91. The van der Waals surface area contributed by atoms with Crippen LogP contribution in [0.4, 0.5) is 0 Å². The lowest BCUT2D eigenvalue weighted by Crippen LogP contribution is -2.40. The predicted molar refractivity (Wildman–Crippen MR) is 74.9 cm³/mol. The van der Waals surface area contributed by atoms with Gasteiger partial charge in [-0.25, -0.2) is 4.99 Å². The van der Waals surface area contributed by atoms with Gasteiger partial charge in [0.2, 0.25) is 0 Å². The van der Waals surface area contributed by atoms with E-state index in [0.717, 1.165) is 30.2 Å². The summed E-state index contributed by atoms with van der Waals surface area (Å²) in [5.41, 5.74) is 2.26. The van der Waals surface area contributed by atoms with E-state index in [1.54, 1.807) is 4.68 Å². The molecule has 1 aromatic rings. The molecule has 0 aromatic carbocycles. The van der Waals surface area contributed by atoms with E-state index in [9.17, 15) is 0 Å². The molecule has 0 saturated carbocycles. The van der Waals surface area contributed by atoms with Gasteiger partial charge >= 0.3 is 0 Å². The van der Waals surface area contributed by atoms with Crippen molar-refractivity contribution in [3.05, 3.63) is 30.1 Å². The number of aliphatic imine (C=N–C) groups is 1. The van der Waals surface area contributed by atoms with Crippen molar-refractivity contribution in [2.45, 2.75) is 6.54 Å². The SMILES string of the molecule is C=C1CN=C(NCc2cnn(C)c2)NC1.I. The molecule has 0 amide bonds. The largest absolute Gasteiger partial charge is 0.353 e. The first-order valence-corrected chi connectivity index (χ1v) is 4.90. The minimum absolute atomic E-state index is 0. The molecule has 0 fully saturated rings. The fourth-order valence-corrected chi connectivity index (χ4v) is 1.38. The number of aromatic nitrogens is 2. The molecule has 2 N–H and O–H groups in total. The average Bonchev–Trinajstić information content (AvgIpc) is 2.64. The summed E-state index contributed by atoms with van der Waals surface area (Å²) in [5, 5.41) is 10.5. The second-order valence-electron chi connectivity index (χ2n) is 3.64. The maximum absolute atomic E-state index is 4.30. The number of hydrogen-bond donors (Lipinski definition) is 2. The number of rotatable bonds is 2. The zero-order valence-corrected chi connectivity index (χ0v) is 11.6. The molecule has 88 valence electrons. The van der Waals surface area contributed by atoms with Gasteiger partial charge in [-0.05, 0) is 5.57 Å². The van der Waals surface area contributed by atoms with Crippen molar-refractivity contribution < 1.29 is 0 Å². The smallest absolute Gasteiger partial charge is 0.192 e. The molecule has 2 heterocycles. The van der Waals surface area contributed by atoms with Crippen LogP contribution in [-0.4, -0.2) is 28.8 Å².